The first-order valence-electron chi connectivity index (χ1n) is 7.11. The van der Waals surface area contributed by atoms with E-state index in [0.717, 1.165) is 19.1 Å². The maximum absolute atomic E-state index is 12.3. The van der Waals surface area contributed by atoms with E-state index in [2.05, 4.69) is 10.1 Å². The predicted molar refractivity (Wildman–Crippen MR) is 75.6 cm³/mol. The average Bonchev–Trinajstić information content (AvgIpc) is 2.32. The average molecular weight is 373 g/mol. The van der Waals surface area contributed by atoms with Crippen molar-refractivity contribution in [3.05, 3.63) is 29.8 Å². The minimum atomic E-state index is -4.87. The number of carbonyl (C=O) groups is 1. The van der Waals surface area contributed by atoms with Gasteiger partial charge in [0.15, 0.2) is 0 Å². The third-order valence-electron chi connectivity index (χ3n) is 3.09. The normalized spacial score (nSPS) is 16.0. The van der Waals surface area contributed by atoms with Crippen LogP contribution < -0.4 is 10.1 Å². The summed E-state index contributed by atoms with van der Waals surface area (Å²) < 4.78 is 77.3. The molecule has 2 N–H and O–H groups in total. The van der Waals surface area contributed by atoms with Crippen LogP contribution >= 0.6 is 0 Å². The second kappa shape index (κ2) is 7.51. The molecule has 0 aromatic heterocycles. The number of rotatable bonds is 6. The zero-order valence-corrected chi connectivity index (χ0v) is 13.3. The number of nitrogens with one attached hydrogen (secondary N) is 1. The van der Waals surface area contributed by atoms with Crippen molar-refractivity contribution < 1.29 is 41.0 Å². The lowest BCUT2D eigenvalue weighted by Crippen LogP contribution is -2.38. The topological polar surface area (TPSA) is 58.6 Å². The lowest BCUT2D eigenvalue weighted by molar-refractivity contribution is -0.274. The van der Waals surface area contributed by atoms with Crippen LogP contribution in [0.1, 0.15) is 38.3 Å². The predicted octanol–water partition coefficient (Wildman–Crippen LogP) is 3.86. The van der Waals surface area contributed by atoms with Crippen LogP contribution in [0.15, 0.2) is 24.3 Å². The van der Waals surface area contributed by atoms with Crippen LogP contribution in [-0.4, -0.2) is 29.2 Å². The molecule has 0 aliphatic rings. The van der Waals surface area contributed by atoms with E-state index in [0.29, 0.717) is 0 Å². The molecule has 10 heteroatoms. The quantitative estimate of drug-likeness (QED) is 0.745. The summed E-state index contributed by atoms with van der Waals surface area (Å²) in [6, 6.07) is 4.01. The van der Waals surface area contributed by atoms with Gasteiger partial charge in [0.1, 0.15) is 5.75 Å². The lowest BCUT2D eigenvalue weighted by atomic mass is 9.97. The second-order valence-electron chi connectivity index (χ2n) is 5.88. The number of amides is 1. The van der Waals surface area contributed by atoms with Crippen LogP contribution in [0.3, 0.4) is 0 Å². The first kappa shape index (κ1) is 21.1. The zero-order valence-electron chi connectivity index (χ0n) is 13.3. The van der Waals surface area contributed by atoms with Gasteiger partial charge in [-0.25, -0.2) is 0 Å². The molecule has 1 aromatic rings. The number of hydrogen-bond acceptors (Lipinski definition) is 3. The van der Waals surface area contributed by atoms with Crippen molar-refractivity contribution in [1.29, 1.82) is 0 Å². The molecular weight excluding hydrogens is 356 g/mol. The number of carbonyl (C=O) groups excluding carboxylic acids is 1. The van der Waals surface area contributed by atoms with E-state index in [1.165, 1.54) is 19.1 Å². The van der Waals surface area contributed by atoms with Gasteiger partial charge in [-0.05, 0) is 31.5 Å². The van der Waals surface area contributed by atoms with Crippen LogP contribution in [0, 0.1) is 0 Å². The van der Waals surface area contributed by atoms with Crippen LogP contribution in [-0.2, 0) is 4.79 Å². The van der Waals surface area contributed by atoms with Crippen LogP contribution in [0.5, 0.6) is 5.75 Å². The van der Waals surface area contributed by atoms with E-state index in [-0.39, 0.29) is 5.56 Å². The summed E-state index contributed by atoms with van der Waals surface area (Å²) in [6.45, 7) is 2.31. The Balaban J connectivity index is 2.71. The van der Waals surface area contributed by atoms with Gasteiger partial charge in [0.25, 0.3) is 0 Å². The monoisotopic (exact) mass is 373 g/mol. The van der Waals surface area contributed by atoms with Crippen LogP contribution in [0.4, 0.5) is 26.3 Å². The van der Waals surface area contributed by atoms with Gasteiger partial charge in [0, 0.05) is 0 Å². The highest BCUT2D eigenvalue weighted by Gasteiger charge is 2.39. The molecule has 1 unspecified atom stereocenters. The largest absolute Gasteiger partial charge is 0.573 e. The summed E-state index contributed by atoms with van der Waals surface area (Å²) in [7, 11) is 0. The first-order chi connectivity index (χ1) is 11.2. The van der Waals surface area contributed by atoms with Gasteiger partial charge in [-0.3, -0.25) is 4.79 Å². The molecular formula is C15H17F6NO3. The Morgan fingerprint density at radius 1 is 1.24 bits per heavy atom. The molecule has 0 bridgehead atoms. The van der Waals surface area contributed by atoms with Gasteiger partial charge in [0.05, 0.1) is 24.5 Å². The maximum Gasteiger partial charge on any atom is 0.573 e. The molecule has 25 heavy (non-hydrogen) atoms. The lowest BCUT2D eigenvalue weighted by Gasteiger charge is -2.25. The van der Waals surface area contributed by atoms with E-state index in [1.807, 2.05) is 0 Å². The number of benzene rings is 1. The standard InChI is InChI=1S/C15H17F6NO3/c1-9(10-4-3-5-11(6-10)25-15(19,20)21)22-12(23)7-13(2,24)8-14(16,17)18/h3-6,9,24H,7-8H2,1-2H3,(H,22,23)/t9?,13-/m1/s1. The number of halogens is 6. The molecule has 0 aliphatic carbocycles. The Bertz CT molecular complexity index is 598. The fourth-order valence-electron chi connectivity index (χ4n) is 2.20. The van der Waals surface area contributed by atoms with Crippen molar-refractivity contribution in [2.45, 2.75) is 50.9 Å². The van der Waals surface area contributed by atoms with Crippen molar-refractivity contribution in [1.82, 2.24) is 5.32 Å². The van der Waals surface area contributed by atoms with E-state index >= 15 is 0 Å². The molecule has 1 aromatic carbocycles. The number of ether oxygens (including phenoxy) is 1. The summed E-state index contributed by atoms with van der Waals surface area (Å²) in [5.41, 5.74) is -2.03. The summed E-state index contributed by atoms with van der Waals surface area (Å²) >= 11 is 0. The van der Waals surface area contributed by atoms with E-state index in [4.69, 9.17) is 0 Å². The van der Waals surface area contributed by atoms with Gasteiger partial charge in [-0.15, -0.1) is 13.2 Å². The van der Waals surface area contributed by atoms with Crippen molar-refractivity contribution in [2.75, 3.05) is 0 Å². The van der Waals surface area contributed by atoms with Gasteiger partial charge < -0.3 is 15.2 Å². The maximum atomic E-state index is 12.3. The fraction of sp³-hybridized carbons (Fsp3) is 0.533. The zero-order chi connectivity index (χ0) is 19.5. The van der Waals surface area contributed by atoms with E-state index < -0.39 is 48.7 Å². The Morgan fingerprint density at radius 3 is 2.36 bits per heavy atom. The van der Waals surface area contributed by atoms with Gasteiger partial charge in [0.2, 0.25) is 5.91 Å². The highest BCUT2D eigenvalue weighted by Crippen LogP contribution is 2.30. The van der Waals surface area contributed by atoms with Crippen molar-refractivity contribution in [3.63, 3.8) is 0 Å². The van der Waals surface area contributed by atoms with Crippen LogP contribution in [0.25, 0.3) is 0 Å². The molecule has 0 heterocycles. The van der Waals surface area contributed by atoms with Gasteiger partial charge in [-0.2, -0.15) is 13.2 Å². The second-order valence-corrected chi connectivity index (χ2v) is 5.88. The molecule has 4 nitrogen and oxygen atoms in total. The van der Waals surface area contributed by atoms with E-state index in [1.54, 1.807) is 0 Å². The van der Waals surface area contributed by atoms with Gasteiger partial charge >= 0.3 is 12.5 Å². The minimum Gasteiger partial charge on any atom is -0.406 e. The molecule has 0 aliphatic heterocycles. The van der Waals surface area contributed by atoms with E-state index in [9.17, 15) is 36.2 Å². The molecule has 0 fully saturated rings. The molecule has 142 valence electrons. The third-order valence-corrected chi connectivity index (χ3v) is 3.09. The van der Waals surface area contributed by atoms with Crippen molar-refractivity contribution in [3.8, 4) is 5.75 Å². The molecule has 1 rings (SSSR count). The number of alkyl halides is 6. The minimum absolute atomic E-state index is 0.255. The highest BCUT2D eigenvalue weighted by molar-refractivity contribution is 5.77. The molecule has 0 saturated carbocycles. The highest BCUT2D eigenvalue weighted by atomic mass is 19.4. The molecule has 0 spiro atoms. The Hall–Kier alpha value is -1.97. The molecule has 2 atom stereocenters. The molecule has 1 amide bonds. The summed E-state index contributed by atoms with van der Waals surface area (Å²) in [4.78, 5) is 11.8. The summed E-state index contributed by atoms with van der Waals surface area (Å²) in [6.07, 6.45) is -11.9. The Morgan fingerprint density at radius 2 is 1.84 bits per heavy atom. The number of hydrogen-bond donors (Lipinski definition) is 2. The Labute approximate surface area is 139 Å². The van der Waals surface area contributed by atoms with Crippen molar-refractivity contribution >= 4 is 5.91 Å². The first-order valence-corrected chi connectivity index (χ1v) is 7.11. The van der Waals surface area contributed by atoms with Gasteiger partial charge in [-0.1, -0.05) is 12.1 Å². The summed E-state index contributed by atoms with van der Waals surface area (Å²) in [5.74, 6) is -1.36. The third kappa shape index (κ3) is 8.62. The van der Waals surface area contributed by atoms with Crippen molar-refractivity contribution in [2.24, 2.45) is 0 Å². The summed E-state index contributed by atoms with van der Waals surface area (Å²) in [5, 5.41) is 12.0. The number of aliphatic hydroxyl groups is 1. The SMILES string of the molecule is CC(NC(=O)C[C@@](C)(O)CC(F)(F)F)c1cccc(OC(F)(F)F)c1. The fourth-order valence-corrected chi connectivity index (χ4v) is 2.20. The molecule has 0 saturated heterocycles. The Kier molecular flexibility index (Phi) is 6.33. The smallest absolute Gasteiger partial charge is 0.406 e. The molecule has 0 radical (unpaired) electrons. The van der Waals surface area contributed by atoms with Crippen LogP contribution in [0.2, 0.25) is 0 Å².